The molecule has 66 valence electrons. The molecular formula is C9H13NO2. The summed E-state index contributed by atoms with van der Waals surface area (Å²) in [6.45, 7) is 2.23. The van der Waals surface area contributed by atoms with E-state index in [0.717, 1.165) is 26.1 Å². The number of nitrogens with zero attached hydrogens (tertiary/aromatic N) is 1. The quantitative estimate of drug-likeness (QED) is 0.359. The molecule has 0 aromatic heterocycles. The van der Waals surface area contributed by atoms with Gasteiger partial charge in [-0.15, -0.1) is 0 Å². The Bertz CT molecular complexity index is 189. The third-order valence-electron chi connectivity index (χ3n) is 1.92. The van der Waals surface area contributed by atoms with Gasteiger partial charge in [0, 0.05) is 13.2 Å². The lowest BCUT2D eigenvalue weighted by Crippen LogP contribution is -1.96. The average Bonchev–Trinajstić information content (AvgIpc) is 2.57. The zero-order valence-electron chi connectivity index (χ0n) is 7.03. The Morgan fingerprint density at radius 1 is 1.58 bits per heavy atom. The highest BCUT2D eigenvalue weighted by molar-refractivity contribution is 5.33. The predicted molar refractivity (Wildman–Crippen MR) is 45.7 cm³/mol. The van der Waals surface area contributed by atoms with Crippen LogP contribution in [0, 0.1) is 5.92 Å². The first-order valence-electron chi connectivity index (χ1n) is 4.20. The molecule has 0 radical (unpaired) electrons. The topological polar surface area (TPSA) is 38.7 Å². The van der Waals surface area contributed by atoms with Gasteiger partial charge in [-0.25, -0.2) is 9.79 Å². The van der Waals surface area contributed by atoms with E-state index in [9.17, 15) is 4.79 Å². The molecule has 0 spiro atoms. The van der Waals surface area contributed by atoms with E-state index >= 15 is 0 Å². The normalized spacial score (nSPS) is 22.8. The van der Waals surface area contributed by atoms with Gasteiger partial charge in [0.05, 0.1) is 6.54 Å². The summed E-state index contributed by atoms with van der Waals surface area (Å²) in [5.41, 5.74) is 0. The minimum absolute atomic E-state index is 0.455. The number of ether oxygens (including phenoxy) is 1. The van der Waals surface area contributed by atoms with Crippen molar-refractivity contribution in [1.29, 1.82) is 0 Å². The zero-order chi connectivity index (χ0) is 8.65. The fourth-order valence-corrected chi connectivity index (χ4v) is 1.22. The minimum atomic E-state index is 0.455. The Balaban J connectivity index is 2.07. The van der Waals surface area contributed by atoms with Gasteiger partial charge < -0.3 is 4.74 Å². The average molecular weight is 167 g/mol. The highest BCUT2D eigenvalue weighted by Crippen LogP contribution is 2.16. The van der Waals surface area contributed by atoms with Gasteiger partial charge in [0.25, 0.3) is 0 Å². The van der Waals surface area contributed by atoms with E-state index < -0.39 is 0 Å². The molecule has 0 aliphatic carbocycles. The minimum Gasteiger partial charge on any atom is -0.381 e. The smallest absolute Gasteiger partial charge is 0.235 e. The molecule has 0 saturated carbocycles. The van der Waals surface area contributed by atoms with Crippen LogP contribution in [0.3, 0.4) is 0 Å². The fourth-order valence-electron chi connectivity index (χ4n) is 1.22. The van der Waals surface area contributed by atoms with Crippen LogP contribution in [0.25, 0.3) is 0 Å². The highest BCUT2D eigenvalue weighted by Gasteiger charge is 2.12. The summed E-state index contributed by atoms with van der Waals surface area (Å²) in [7, 11) is 0. The van der Waals surface area contributed by atoms with Crippen LogP contribution in [0.5, 0.6) is 0 Å². The predicted octanol–water partition coefficient (Wildman–Crippen LogP) is 1.30. The molecular weight excluding hydrogens is 154 g/mol. The van der Waals surface area contributed by atoms with E-state index in [1.807, 2.05) is 6.08 Å². The first kappa shape index (κ1) is 9.17. The van der Waals surface area contributed by atoms with Crippen LogP contribution >= 0.6 is 0 Å². The van der Waals surface area contributed by atoms with Gasteiger partial charge in [-0.1, -0.05) is 12.2 Å². The van der Waals surface area contributed by atoms with Gasteiger partial charge in [0.15, 0.2) is 0 Å². The van der Waals surface area contributed by atoms with Crippen LogP contribution in [0.2, 0.25) is 0 Å². The Labute approximate surface area is 72.1 Å². The Morgan fingerprint density at radius 3 is 3.17 bits per heavy atom. The molecule has 1 fully saturated rings. The number of hydrogen-bond donors (Lipinski definition) is 0. The number of carbonyl (C=O) groups excluding carboxylic acids is 1. The summed E-state index contributed by atoms with van der Waals surface area (Å²) in [6, 6.07) is 0. The molecule has 1 aliphatic heterocycles. The second kappa shape index (κ2) is 5.70. The molecule has 0 aromatic rings. The molecule has 1 saturated heterocycles. The van der Waals surface area contributed by atoms with E-state index in [-0.39, 0.29) is 0 Å². The van der Waals surface area contributed by atoms with Crippen LogP contribution in [-0.2, 0) is 9.53 Å². The molecule has 1 aliphatic rings. The summed E-state index contributed by atoms with van der Waals surface area (Å²) >= 11 is 0. The number of rotatable bonds is 4. The van der Waals surface area contributed by atoms with E-state index in [2.05, 4.69) is 11.1 Å². The number of allylic oxidation sites excluding steroid dienone is 1. The van der Waals surface area contributed by atoms with Crippen LogP contribution in [0.15, 0.2) is 17.1 Å². The van der Waals surface area contributed by atoms with Crippen molar-refractivity contribution in [1.82, 2.24) is 0 Å². The van der Waals surface area contributed by atoms with E-state index in [1.54, 1.807) is 0 Å². The van der Waals surface area contributed by atoms with Crippen LogP contribution in [0.4, 0.5) is 0 Å². The van der Waals surface area contributed by atoms with Crippen molar-refractivity contribution in [3.63, 3.8) is 0 Å². The van der Waals surface area contributed by atoms with Crippen molar-refractivity contribution in [2.24, 2.45) is 10.9 Å². The summed E-state index contributed by atoms with van der Waals surface area (Å²) in [6.07, 6.45) is 7.63. The molecule has 0 aromatic carbocycles. The van der Waals surface area contributed by atoms with Crippen molar-refractivity contribution in [3.8, 4) is 0 Å². The van der Waals surface area contributed by atoms with Crippen LogP contribution in [-0.4, -0.2) is 25.8 Å². The third kappa shape index (κ3) is 3.46. The summed E-state index contributed by atoms with van der Waals surface area (Å²) in [5.74, 6) is 0.668. The molecule has 1 rings (SSSR count). The largest absolute Gasteiger partial charge is 0.381 e. The molecule has 12 heavy (non-hydrogen) atoms. The van der Waals surface area contributed by atoms with Gasteiger partial charge in [-0.3, -0.25) is 0 Å². The van der Waals surface area contributed by atoms with Gasteiger partial charge in [-0.05, 0) is 18.8 Å². The van der Waals surface area contributed by atoms with Crippen molar-refractivity contribution in [3.05, 3.63) is 12.2 Å². The monoisotopic (exact) mass is 167 g/mol. The molecule has 1 atom stereocenters. The maximum atomic E-state index is 9.68. The number of isocyanates is 1. The van der Waals surface area contributed by atoms with E-state index in [0.29, 0.717) is 12.5 Å². The van der Waals surface area contributed by atoms with Crippen molar-refractivity contribution in [2.45, 2.75) is 12.8 Å². The maximum Gasteiger partial charge on any atom is 0.235 e. The molecule has 0 bridgehead atoms. The molecule has 0 N–H and O–H groups in total. The maximum absolute atomic E-state index is 9.68. The standard InChI is InChI=1S/C9H13NO2/c11-8-10-5-2-1-3-9-4-6-12-7-9/h1-2,9H,3-7H2/b2-1-. The summed E-state index contributed by atoms with van der Waals surface area (Å²) < 4.78 is 5.22. The van der Waals surface area contributed by atoms with Crippen molar-refractivity contribution in [2.75, 3.05) is 19.8 Å². The first-order valence-corrected chi connectivity index (χ1v) is 4.20. The Hall–Kier alpha value is -0.920. The van der Waals surface area contributed by atoms with Crippen LogP contribution in [0.1, 0.15) is 12.8 Å². The zero-order valence-corrected chi connectivity index (χ0v) is 7.03. The lowest BCUT2D eigenvalue weighted by Gasteiger charge is -2.00. The van der Waals surface area contributed by atoms with E-state index in [1.165, 1.54) is 6.08 Å². The molecule has 3 nitrogen and oxygen atoms in total. The number of hydrogen-bond acceptors (Lipinski definition) is 3. The lowest BCUT2D eigenvalue weighted by molar-refractivity contribution is 0.186. The summed E-state index contributed by atoms with van der Waals surface area (Å²) in [5, 5.41) is 0. The molecule has 1 heterocycles. The fraction of sp³-hybridized carbons (Fsp3) is 0.667. The van der Waals surface area contributed by atoms with Gasteiger partial charge in [0.2, 0.25) is 6.08 Å². The van der Waals surface area contributed by atoms with Gasteiger partial charge >= 0.3 is 0 Å². The van der Waals surface area contributed by atoms with Crippen molar-refractivity contribution < 1.29 is 9.53 Å². The van der Waals surface area contributed by atoms with Crippen LogP contribution < -0.4 is 0 Å². The van der Waals surface area contributed by atoms with Gasteiger partial charge in [-0.2, -0.15) is 0 Å². The lowest BCUT2D eigenvalue weighted by atomic mass is 10.1. The summed E-state index contributed by atoms with van der Waals surface area (Å²) in [4.78, 5) is 13.1. The second-order valence-electron chi connectivity index (χ2n) is 2.87. The highest BCUT2D eigenvalue weighted by atomic mass is 16.5. The molecule has 1 unspecified atom stereocenters. The molecule has 0 amide bonds. The van der Waals surface area contributed by atoms with Gasteiger partial charge in [0.1, 0.15) is 0 Å². The SMILES string of the molecule is O=C=NC/C=C\CC1CCOC1. The Kier molecular flexibility index (Phi) is 4.35. The third-order valence-corrected chi connectivity index (χ3v) is 1.92. The number of aliphatic imine (C=N–C) groups is 1. The Morgan fingerprint density at radius 2 is 2.50 bits per heavy atom. The van der Waals surface area contributed by atoms with Crippen molar-refractivity contribution >= 4 is 6.08 Å². The van der Waals surface area contributed by atoms with E-state index in [4.69, 9.17) is 4.74 Å². The molecule has 3 heteroatoms. The first-order chi connectivity index (χ1) is 5.93. The second-order valence-corrected chi connectivity index (χ2v) is 2.87.